The van der Waals surface area contributed by atoms with Crippen molar-refractivity contribution in [1.82, 2.24) is 0 Å². The molecule has 98 valence electrons. The van der Waals surface area contributed by atoms with Crippen LogP contribution in [0.3, 0.4) is 0 Å². The van der Waals surface area contributed by atoms with Gasteiger partial charge in [-0.25, -0.2) is 8.78 Å². The molecule has 0 aromatic heterocycles. The van der Waals surface area contributed by atoms with Crippen LogP contribution in [0.15, 0.2) is 23.6 Å². The first-order valence-electron chi connectivity index (χ1n) is 6.15. The van der Waals surface area contributed by atoms with E-state index >= 15 is 0 Å². The zero-order valence-electron chi connectivity index (χ0n) is 12.0. The van der Waals surface area contributed by atoms with Crippen molar-refractivity contribution in [1.29, 1.82) is 0 Å². The van der Waals surface area contributed by atoms with E-state index in [0.717, 1.165) is 5.57 Å². The van der Waals surface area contributed by atoms with Crippen molar-refractivity contribution in [2.45, 2.75) is 54.6 Å². The third-order valence-electron chi connectivity index (χ3n) is 4.08. The minimum atomic E-state index is -1.28. The molecule has 0 saturated heterocycles. The summed E-state index contributed by atoms with van der Waals surface area (Å²) >= 11 is 0. The number of halogens is 2. The molecule has 0 N–H and O–H groups in total. The first-order valence-corrected chi connectivity index (χ1v) is 6.15. The molecule has 0 bridgehead atoms. The lowest BCUT2D eigenvalue weighted by Gasteiger charge is -2.45. The van der Waals surface area contributed by atoms with Crippen molar-refractivity contribution < 1.29 is 8.78 Å². The van der Waals surface area contributed by atoms with Crippen LogP contribution in [0, 0.1) is 16.2 Å². The fourth-order valence-electron chi connectivity index (χ4n) is 2.03. The van der Waals surface area contributed by atoms with Crippen LogP contribution >= 0.6 is 0 Å². The highest BCUT2D eigenvalue weighted by Crippen LogP contribution is 2.52. The lowest BCUT2D eigenvalue weighted by molar-refractivity contribution is 0.0451. The third-order valence-corrected chi connectivity index (χ3v) is 4.08. The summed E-state index contributed by atoms with van der Waals surface area (Å²) in [6.45, 7) is 13.2. The molecule has 0 nitrogen and oxygen atoms in total. The molecule has 2 heteroatoms. The Balaban J connectivity index is 3.26. The highest BCUT2D eigenvalue weighted by atomic mass is 19.1. The zero-order chi connectivity index (χ0) is 13.6. The molecule has 17 heavy (non-hydrogen) atoms. The van der Waals surface area contributed by atoms with Crippen molar-refractivity contribution in [2.24, 2.45) is 16.2 Å². The Morgan fingerprint density at radius 3 is 1.88 bits per heavy atom. The molecule has 1 rings (SSSR count). The van der Waals surface area contributed by atoms with Gasteiger partial charge in [-0.05, 0) is 35.5 Å². The van der Waals surface area contributed by atoms with Crippen molar-refractivity contribution in [3.8, 4) is 0 Å². The van der Waals surface area contributed by atoms with E-state index in [1.54, 1.807) is 13.0 Å². The zero-order valence-corrected chi connectivity index (χ0v) is 12.0. The van der Waals surface area contributed by atoms with E-state index in [2.05, 4.69) is 0 Å². The van der Waals surface area contributed by atoms with Gasteiger partial charge < -0.3 is 0 Å². The standard InChI is InChI=1S/C15H24F2/c1-13(2,3)10-8-11(16)15(7,12(17)9-10)14(4,5)6/h8-9,11H,1-7H3. The second-order valence-corrected chi connectivity index (χ2v) is 7.22. The van der Waals surface area contributed by atoms with Crippen LogP contribution in [0.25, 0.3) is 0 Å². The minimum Gasteiger partial charge on any atom is -0.242 e. The largest absolute Gasteiger partial charge is 0.242 e. The van der Waals surface area contributed by atoms with Crippen LogP contribution in [0.5, 0.6) is 0 Å². The molecule has 0 spiro atoms. The van der Waals surface area contributed by atoms with E-state index in [-0.39, 0.29) is 11.2 Å². The number of hydrogen-bond acceptors (Lipinski definition) is 0. The molecule has 0 heterocycles. The second kappa shape index (κ2) is 3.93. The SMILES string of the molecule is CC(C)(C)C1=CC(F)C(C)(C(C)(C)C)C(F)=C1. The van der Waals surface area contributed by atoms with Crippen molar-refractivity contribution >= 4 is 0 Å². The smallest absolute Gasteiger partial charge is 0.131 e. The lowest BCUT2D eigenvalue weighted by Crippen LogP contribution is -2.43. The van der Waals surface area contributed by atoms with Gasteiger partial charge in [0.1, 0.15) is 12.0 Å². The fraction of sp³-hybridized carbons (Fsp3) is 0.733. The average Bonchev–Trinajstić information content (AvgIpc) is 2.09. The van der Waals surface area contributed by atoms with Gasteiger partial charge >= 0.3 is 0 Å². The monoisotopic (exact) mass is 242 g/mol. The van der Waals surface area contributed by atoms with Crippen molar-refractivity contribution in [3.05, 3.63) is 23.6 Å². The third kappa shape index (κ3) is 2.31. The van der Waals surface area contributed by atoms with Gasteiger partial charge in [-0.15, -0.1) is 0 Å². The number of rotatable bonds is 0. The molecule has 0 aromatic rings. The lowest BCUT2D eigenvalue weighted by atomic mass is 9.61. The minimum absolute atomic E-state index is 0.221. The summed E-state index contributed by atoms with van der Waals surface area (Å²) < 4.78 is 28.7. The Kier molecular flexibility index (Phi) is 3.33. The van der Waals surface area contributed by atoms with Gasteiger partial charge in [0.2, 0.25) is 0 Å². The van der Waals surface area contributed by atoms with Gasteiger partial charge in [-0.3, -0.25) is 0 Å². The normalized spacial score (nSPS) is 31.0. The highest BCUT2D eigenvalue weighted by Gasteiger charge is 2.49. The Morgan fingerprint density at radius 1 is 1.12 bits per heavy atom. The Morgan fingerprint density at radius 2 is 1.59 bits per heavy atom. The average molecular weight is 242 g/mol. The van der Waals surface area contributed by atoms with Crippen LogP contribution < -0.4 is 0 Å². The molecule has 0 aliphatic heterocycles. The van der Waals surface area contributed by atoms with Gasteiger partial charge in [0, 0.05) is 0 Å². The van der Waals surface area contributed by atoms with Gasteiger partial charge in [-0.2, -0.15) is 0 Å². The van der Waals surface area contributed by atoms with E-state index in [0.29, 0.717) is 0 Å². The first kappa shape index (κ1) is 14.4. The van der Waals surface area contributed by atoms with Crippen LogP contribution in [0.4, 0.5) is 8.78 Å². The highest BCUT2D eigenvalue weighted by molar-refractivity contribution is 5.37. The summed E-state index contributed by atoms with van der Waals surface area (Å²) in [6, 6.07) is 0. The number of hydrogen-bond donors (Lipinski definition) is 0. The summed E-state index contributed by atoms with van der Waals surface area (Å²) in [5, 5.41) is 0. The Hall–Kier alpha value is -0.660. The van der Waals surface area contributed by atoms with Gasteiger partial charge in [0.15, 0.2) is 0 Å². The number of alkyl halides is 1. The van der Waals surface area contributed by atoms with Gasteiger partial charge in [0.05, 0.1) is 5.41 Å². The Labute approximate surface area is 104 Å². The van der Waals surface area contributed by atoms with E-state index in [4.69, 9.17) is 0 Å². The predicted octanol–water partition coefficient (Wildman–Crippen LogP) is 5.22. The van der Waals surface area contributed by atoms with Gasteiger partial charge in [-0.1, -0.05) is 41.5 Å². The molecule has 0 amide bonds. The van der Waals surface area contributed by atoms with Crippen LogP contribution in [-0.4, -0.2) is 6.17 Å². The maximum Gasteiger partial charge on any atom is 0.131 e. The molecule has 2 unspecified atom stereocenters. The molecule has 0 aromatic carbocycles. The van der Waals surface area contributed by atoms with Crippen molar-refractivity contribution in [3.63, 3.8) is 0 Å². The van der Waals surface area contributed by atoms with Crippen LogP contribution in [0.2, 0.25) is 0 Å². The maximum atomic E-state index is 14.4. The van der Waals surface area contributed by atoms with Gasteiger partial charge in [0.25, 0.3) is 0 Å². The molecule has 2 atom stereocenters. The molecular formula is C15H24F2. The maximum absolute atomic E-state index is 14.4. The quantitative estimate of drug-likeness (QED) is 0.546. The molecular weight excluding hydrogens is 218 g/mol. The number of allylic oxidation sites excluding steroid dienone is 4. The molecule has 1 aliphatic carbocycles. The fourth-order valence-corrected chi connectivity index (χ4v) is 2.03. The molecule has 1 aliphatic rings. The molecule has 0 fully saturated rings. The first-order chi connectivity index (χ1) is 7.40. The van der Waals surface area contributed by atoms with E-state index < -0.39 is 17.0 Å². The van der Waals surface area contributed by atoms with E-state index in [1.165, 1.54) is 6.08 Å². The van der Waals surface area contributed by atoms with Crippen LogP contribution in [-0.2, 0) is 0 Å². The van der Waals surface area contributed by atoms with E-state index in [9.17, 15) is 8.78 Å². The summed E-state index contributed by atoms with van der Waals surface area (Å²) in [4.78, 5) is 0. The van der Waals surface area contributed by atoms with E-state index in [1.807, 2.05) is 41.5 Å². The van der Waals surface area contributed by atoms with Crippen molar-refractivity contribution in [2.75, 3.05) is 0 Å². The summed E-state index contributed by atoms with van der Waals surface area (Å²) in [6.07, 6.45) is 1.82. The topological polar surface area (TPSA) is 0 Å². The molecule has 0 radical (unpaired) electrons. The van der Waals surface area contributed by atoms with Crippen LogP contribution in [0.1, 0.15) is 48.5 Å². The summed E-state index contributed by atoms with van der Waals surface area (Å²) in [5.74, 6) is -0.343. The second-order valence-electron chi connectivity index (χ2n) is 7.22. The Bertz CT molecular complexity index is 363. The summed E-state index contributed by atoms with van der Waals surface area (Å²) in [5.41, 5.74) is -1.00. The predicted molar refractivity (Wildman–Crippen MR) is 69.2 cm³/mol. The molecule has 0 saturated carbocycles. The summed E-state index contributed by atoms with van der Waals surface area (Å²) in [7, 11) is 0.